The molecule has 2 N–H and O–H groups in total. The van der Waals surface area contributed by atoms with Crippen LogP contribution in [0.15, 0.2) is 23.8 Å². The number of aromatic nitrogens is 4. The predicted octanol–water partition coefficient (Wildman–Crippen LogP) is 1.23. The number of fused-ring (bicyclic) bond motifs is 3. The molecule has 142 valence electrons. The van der Waals surface area contributed by atoms with Crippen LogP contribution in [0.2, 0.25) is 0 Å². The Morgan fingerprint density at radius 2 is 2.41 bits per heavy atom. The Morgan fingerprint density at radius 3 is 3.15 bits per heavy atom. The maximum absolute atomic E-state index is 12.7. The van der Waals surface area contributed by atoms with Crippen LogP contribution in [0.5, 0.6) is 0 Å². The topological polar surface area (TPSA) is 77.1 Å². The molecular formula is C19H25N6OS+. The Balaban J connectivity index is 1.22. The SMILES string of the molecule is O=C(Nc1nccs1)[C@H]1C[NH+]2CC[C@@H]1C[C@@H]2Cn1cc(C2=CCCC2)nn1. The number of allylic oxidation sites excluding steroid dienone is 2. The lowest BCUT2D eigenvalue weighted by molar-refractivity contribution is -0.945. The lowest BCUT2D eigenvalue weighted by Crippen LogP contribution is -3.20. The number of carbonyl (C=O) groups excluding carboxylic acids is 1. The molecule has 27 heavy (non-hydrogen) atoms. The molecule has 5 heterocycles. The third-order valence-electron chi connectivity index (χ3n) is 6.37. The zero-order valence-corrected chi connectivity index (χ0v) is 16.1. The number of hydrogen-bond acceptors (Lipinski definition) is 5. The number of nitrogens with one attached hydrogen (secondary N) is 2. The van der Waals surface area contributed by atoms with E-state index in [0.29, 0.717) is 17.1 Å². The fourth-order valence-corrected chi connectivity index (χ4v) is 5.50. The molecule has 8 heteroatoms. The van der Waals surface area contributed by atoms with Crippen molar-refractivity contribution in [1.82, 2.24) is 20.0 Å². The second kappa shape index (κ2) is 7.16. The van der Waals surface area contributed by atoms with Crippen molar-refractivity contribution in [2.75, 3.05) is 18.4 Å². The van der Waals surface area contributed by atoms with E-state index >= 15 is 0 Å². The summed E-state index contributed by atoms with van der Waals surface area (Å²) in [5, 5.41) is 14.3. The van der Waals surface area contributed by atoms with Gasteiger partial charge < -0.3 is 10.2 Å². The van der Waals surface area contributed by atoms with Gasteiger partial charge >= 0.3 is 0 Å². The summed E-state index contributed by atoms with van der Waals surface area (Å²) in [5.74, 6) is 0.707. The lowest BCUT2D eigenvalue weighted by atomic mass is 9.75. The molecule has 0 radical (unpaired) electrons. The van der Waals surface area contributed by atoms with Crippen LogP contribution in [0, 0.1) is 11.8 Å². The van der Waals surface area contributed by atoms with E-state index in [1.165, 1.54) is 28.2 Å². The van der Waals surface area contributed by atoms with Gasteiger partial charge in [-0.2, -0.15) is 0 Å². The minimum absolute atomic E-state index is 0.101. The van der Waals surface area contributed by atoms with Gasteiger partial charge in [-0.15, -0.1) is 16.4 Å². The standard InChI is InChI=1S/C19H24N6OS/c26-18(21-19-20-6-8-27-19)16-11-24-7-5-14(16)9-15(24)10-25-12-17(22-23-25)13-3-1-2-4-13/h3,6,8,12,14-16H,1-2,4-5,7,9-11H2,(H,20,21,26)/p+1/t14-,15-,16+/m1/s1. The van der Waals surface area contributed by atoms with Crippen molar-refractivity contribution in [2.24, 2.45) is 11.8 Å². The van der Waals surface area contributed by atoms with Crippen molar-refractivity contribution in [1.29, 1.82) is 0 Å². The summed E-state index contributed by atoms with van der Waals surface area (Å²) in [4.78, 5) is 18.4. The molecule has 4 atom stereocenters. The maximum atomic E-state index is 12.7. The number of carbonyl (C=O) groups is 1. The highest BCUT2D eigenvalue weighted by Gasteiger charge is 2.46. The van der Waals surface area contributed by atoms with Crippen LogP contribution in [0.1, 0.15) is 37.8 Å². The van der Waals surface area contributed by atoms with Gasteiger partial charge in [0.1, 0.15) is 11.7 Å². The van der Waals surface area contributed by atoms with E-state index < -0.39 is 0 Å². The van der Waals surface area contributed by atoms with Crippen molar-refractivity contribution in [3.05, 3.63) is 29.5 Å². The number of nitrogens with zero attached hydrogens (tertiary/aromatic N) is 4. The highest BCUT2D eigenvalue weighted by atomic mass is 32.1. The van der Waals surface area contributed by atoms with Crippen molar-refractivity contribution in [3.8, 4) is 0 Å². The molecular weight excluding hydrogens is 360 g/mol. The number of rotatable bonds is 5. The predicted molar refractivity (Wildman–Crippen MR) is 103 cm³/mol. The zero-order valence-electron chi connectivity index (χ0n) is 15.3. The Bertz CT molecular complexity index is 844. The van der Waals surface area contributed by atoms with Gasteiger partial charge in [0.25, 0.3) is 0 Å². The maximum Gasteiger partial charge on any atom is 0.235 e. The van der Waals surface area contributed by atoms with E-state index in [1.54, 1.807) is 6.20 Å². The monoisotopic (exact) mass is 385 g/mol. The number of amides is 1. The zero-order chi connectivity index (χ0) is 18.2. The van der Waals surface area contributed by atoms with Gasteiger partial charge in [0.15, 0.2) is 5.13 Å². The second-order valence-corrected chi connectivity index (χ2v) is 8.87. The molecule has 6 rings (SSSR count). The smallest absolute Gasteiger partial charge is 0.235 e. The number of hydrogen-bond donors (Lipinski definition) is 2. The third-order valence-corrected chi connectivity index (χ3v) is 7.06. The normalized spacial score (nSPS) is 29.7. The highest BCUT2D eigenvalue weighted by molar-refractivity contribution is 7.13. The van der Waals surface area contributed by atoms with Crippen LogP contribution >= 0.6 is 11.3 Å². The van der Waals surface area contributed by atoms with Crippen molar-refractivity contribution < 1.29 is 9.69 Å². The Kier molecular flexibility index (Phi) is 4.53. The number of piperidine rings is 3. The summed E-state index contributed by atoms with van der Waals surface area (Å²) in [6.07, 6.45) is 11.9. The van der Waals surface area contributed by atoms with Gasteiger partial charge in [-0.05, 0) is 30.8 Å². The van der Waals surface area contributed by atoms with Crippen LogP contribution in [0.4, 0.5) is 5.13 Å². The van der Waals surface area contributed by atoms with Crippen molar-refractivity contribution in [2.45, 2.75) is 44.7 Å². The summed E-state index contributed by atoms with van der Waals surface area (Å²) in [6, 6.07) is 0.528. The van der Waals surface area contributed by atoms with Gasteiger partial charge in [-0.3, -0.25) is 4.79 Å². The minimum Gasteiger partial charge on any atom is -0.330 e. The van der Waals surface area contributed by atoms with E-state index in [2.05, 4.69) is 32.9 Å². The average molecular weight is 386 g/mol. The third kappa shape index (κ3) is 3.43. The molecule has 0 aromatic carbocycles. The molecule has 1 aliphatic carbocycles. The molecule has 7 nitrogen and oxygen atoms in total. The first-order chi connectivity index (χ1) is 13.3. The fourth-order valence-electron chi connectivity index (χ4n) is 4.97. The number of anilines is 1. The van der Waals surface area contributed by atoms with Crippen LogP contribution in [-0.2, 0) is 11.3 Å². The van der Waals surface area contributed by atoms with Gasteiger partial charge in [0.05, 0.1) is 31.7 Å². The van der Waals surface area contributed by atoms with Crippen LogP contribution in [0.3, 0.4) is 0 Å². The van der Waals surface area contributed by atoms with Gasteiger partial charge in [-0.1, -0.05) is 11.3 Å². The molecule has 4 aliphatic rings. The van der Waals surface area contributed by atoms with Crippen LogP contribution < -0.4 is 10.2 Å². The Hall–Kier alpha value is -2.06. The highest BCUT2D eigenvalue weighted by Crippen LogP contribution is 2.29. The van der Waals surface area contributed by atoms with Gasteiger partial charge in [0, 0.05) is 24.4 Å². The van der Waals surface area contributed by atoms with Crippen molar-refractivity contribution >= 4 is 27.9 Å². The molecule has 3 aliphatic heterocycles. The van der Waals surface area contributed by atoms with E-state index in [9.17, 15) is 4.79 Å². The van der Waals surface area contributed by atoms with E-state index in [4.69, 9.17) is 0 Å². The first-order valence-electron chi connectivity index (χ1n) is 9.91. The summed E-state index contributed by atoms with van der Waals surface area (Å²) in [5.41, 5.74) is 2.39. The number of quaternary nitrogens is 1. The summed E-state index contributed by atoms with van der Waals surface area (Å²) in [7, 11) is 0. The summed E-state index contributed by atoms with van der Waals surface area (Å²) < 4.78 is 2.01. The average Bonchev–Trinajstić information content (AvgIpc) is 3.45. The molecule has 2 aromatic heterocycles. The van der Waals surface area contributed by atoms with Gasteiger partial charge in [-0.25, -0.2) is 9.67 Å². The summed E-state index contributed by atoms with van der Waals surface area (Å²) >= 11 is 1.48. The molecule has 2 aromatic rings. The van der Waals surface area contributed by atoms with Gasteiger partial charge in [0.2, 0.25) is 5.91 Å². The molecule has 0 spiro atoms. The van der Waals surface area contributed by atoms with Crippen LogP contribution in [-0.4, -0.2) is 45.0 Å². The van der Waals surface area contributed by atoms with E-state index in [-0.39, 0.29) is 11.8 Å². The molecule has 1 amide bonds. The van der Waals surface area contributed by atoms with E-state index in [1.807, 2.05) is 10.1 Å². The second-order valence-electron chi connectivity index (χ2n) is 7.97. The molecule has 2 bridgehead atoms. The largest absolute Gasteiger partial charge is 0.330 e. The quantitative estimate of drug-likeness (QED) is 0.812. The Labute approximate surface area is 162 Å². The van der Waals surface area contributed by atoms with Crippen LogP contribution in [0.25, 0.3) is 5.57 Å². The number of thiazole rings is 1. The molecule has 3 saturated heterocycles. The minimum atomic E-state index is 0.101. The lowest BCUT2D eigenvalue weighted by Gasteiger charge is -2.46. The fraction of sp³-hybridized carbons (Fsp3) is 0.579. The molecule has 3 fully saturated rings. The first kappa shape index (κ1) is 17.1. The van der Waals surface area contributed by atoms with E-state index in [0.717, 1.165) is 51.0 Å². The molecule has 0 saturated carbocycles. The van der Waals surface area contributed by atoms with Crippen molar-refractivity contribution in [3.63, 3.8) is 0 Å². The summed E-state index contributed by atoms with van der Waals surface area (Å²) in [6.45, 7) is 2.97. The first-order valence-corrected chi connectivity index (χ1v) is 10.8. The molecule has 1 unspecified atom stereocenters. The Morgan fingerprint density at radius 1 is 1.44 bits per heavy atom.